The summed E-state index contributed by atoms with van der Waals surface area (Å²) in [6.45, 7) is 3.99. The predicted molar refractivity (Wildman–Crippen MR) is 128 cm³/mol. The first-order valence-corrected chi connectivity index (χ1v) is 12.1. The monoisotopic (exact) mass is 505 g/mol. The summed E-state index contributed by atoms with van der Waals surface area (Å²) in [6.07, 6.45) is 3.89. The van der Waals surface area contributed by atoms with E-state index >= 15 is 0 Å². The lowest BCUT2D eigenvalue weighted by Gasteiger charge is -2.37. The van der Waals surface area contributed by atoms with Gasteiger partial charge in [-0.05, 0) is 54.0 Å². The molecule has 3 heterocycles. The van der Waals surface area contributed by atoms with Crippen molar-refractivity contribution in [2.45, 2.75) is 50.7 Å². The number of hydrogen-bond acceptors (Lipinski definition) is 8. The van der Waals surface area contributed by atoms with Crippen molar-refractivity contribution in [1.29, 1.82) is 0 Å². The molecule has 2 N–H and O–H groups in total. The molecule has 1 saturated carbocycles. The highest BCUT2D eigenvalue weighted by molar-refractivity contribution is 5.64. The quantitative estimate of drug-likeness (QED) is 0.410. The molecule has 3 aromatic heterocycles. The number of aromatic nitrogens is 7. The van der Waals surface area contributed by atoms with Crippen molar-refractivity contribution in [3.8, 4) is 22.8 Å². The number of aliphatic hydroxyl groups excluding tert-OH is 2. The van der Waals surface area contributed by atoms with E-state index in [0.29, 0.717) is 11.5 Å². The van der Waals surface area contributed by atoms with Gasteiger partial charge in [0.15, 0.2) is 5.82 Å². The minimum Gasteiger partial charge on any atom is -0.394 e. The number of halogens is 2. The molecule has 0 amide bonds. The molecule has 0 radical (unpaired) electrons. The minimum absolute atomic E-state index is 0.0444. The largest absolute Gasteiger partial charge is 0.394 e. The van der Waals surface area contributed by atoms with E-state index in [0.717, 1.165) is 29.8 Å². The summed E-state index contributed by atoms with van der Waals surface area (Å²) in [5.41, 5.74) is 2.07. The number of fused-ring (bicyclic) bond motifs is 5. The van der Waals surface area contributed by atoms with Crippen LogP contribution < -0.4 is 0 Å². The van der Waals surface area contributed by atoms with Crippen molar-refractivity contribution >= 4 is 0 Å². The van der Waals surface area contributed by atoms with Crippen molar-refractivity contribution in [2.24, 2.45) is 5.41 Å². The first-order chi connectivity index (χ1) is 17.8. The van der Waals surface area contributed by atoms with Crippen molar-refractivity contribution in [3.05, 3.63) is 71.3 Å². The normalized spacial score (nSPS) is 22.3. The molecule has 190 valence electrons. The Balaban J connectivity index is 1.43. The maximum atomic E-state index is 14.5. The SMILES string of the molecule is CC1(C)[C@H]2CC[C@]1(c1ccnc(-c3cnn(C[C@H](O)CO)n3)n1)c1nnc(-c3c(F)cccc3F)cc12. The van der Waals surface area contributed by atoms with Gasteiger partial charge in [-0.15, -0.1) is 10.2 Å². The molecule has 0 saturated heterocycles. The molecule has 2 aliphatic carbocycles. The number of benzene rings is 1. The summed E-state index contributed by atoms with van der Waals surface area (Å²) in [4.78, 5) is 10.6. The van der Waals surface area contributed by atoms with Gasteiger partial charge in [0.05, 0.1) is 53.5 Å². The summed E-state index contributed by atoms with van der Waals surface area (Å²) in [5, 5.41) is 36.1. The van der Waals surface area contributed by atoms with E-state index in [4.69, 9.17) is 10.1 Å². The fourth-order valence-electron chi connectivity index (χ4n) is 6.21. The zero-order valence-corrected chi connectivity index (χ0v) is 20.3. The molecule has 0 spiro atoms. The first kappa shape index (κ1) is 23.7. The number of rotatable bonds is 6. The van der Waals surface area contributed by atoms with Crippen LogP contribution in [0.5, 0.6) is 0 Å². The summed E-state index contributed by atoms with van der Waals surface area (Å²) < 4.78 is 29.0. The van der Waals surface area contributed by atoms with Crippen molar-refractivity contribution < 1.29 is 19.0 Å². The van der Waals surface area contributed by atoms with Crippen molar-refractivity contribution in [2.75, 3.05) is 6.61 Å². The molecule has 1 fully saturated rings. The van der Waals surface area contributed by atoms with Gasteiger partial charge in [-0.25, -0.2) is 18.7 Å². The average Bonchev–Trinajstić information content (AvgIpc) is 3.51. The van der Waals surface area contributed by atoms with E-state index in [1.165, 1.54) is 29.2 Å². The maximum Gasteiger partial charge on any atom is 0.181 e. The Morgan fingerprint density at radius 1 is 1.14 bits per heavy atom. The number of nitrogens with zero attached hydrogens (tertiary/aromatic N) is 7. The van der Waals surface area contributed by atoms with Crippen molar-refractivity contribution in [1.82, 2.24) is 35.2 Å². The molecular weight excluding hydrogens is 480 g/mol. The van der Waals surface area contributed by atoms with Gasteiger partial charge in [-0.2, -0.15) is 15.0 Å². The van der Waals surface area contributed by atoms with Crippen LogP contribution in [0.25, 0.3) is 22.8 Å². The van der Waals surface area contributed by atoms with Gasteiger partial charge in [0.2, 0.25) is 0 Å². The lowest BCUT2D eigenvalue weighted by Crippen LogP contribution is -2.38. The second-order valence-corrected chi connectivity index (χ2v) is 10.2. The second kappa shape index (κ2) is 8.42. The van der Waals surface area contributed by atoms with Crippen LogP contribution in [0, 0.1) is 17.0 Å². The van der Waals surface area contributed by atoms with Crippen LogP contribution in [-0.2, 0) is 12.0 Å². The Hall–Kier alpha value is -3.70. The second-order valence-electron chi connectivity index (χ2n) is 10.2. The standard InChI is InChI=1S/C26H25F2N7O2/c1-25(2)16-6-8-26(25,23-15(16)10-19(32-33-23)22-17(27)4-3-5-18(22)28)21-7-9-29-24(31-21)20-11-30-35(34-20)12-14(37)13-36/h3-5,7,9-11,14,16,36-37H,6,8,12-13H2,1-2H3/t14-,16-,26-/m0/s1. The third-order valence-electron chi connectivity index (χ3n) is 8.04. The summed E-state index contributed by atoms with van der Waals surface area (Å²) in [6, 6.07) is 7.41. The lowest BCUT2D eigenvalue weighted by molar-refractivity contribution is 0.0746. The van der Waals surface area contributed by atoms with Gasteiger partial charge < -0.3 is 10.2 Å². The molecule has 11 heteroatoms. The Morgan fingerprint density at radius 3 is 2.68 bits per heavy atom. The topological polar surface area (TPSA) is 123 Å². The molecule has 4 aromatic rings. The van der Waals surface area contributed by atoms with Crippen LogP contribution in [0.2, 0.25) is 0 Å². The van der Waals surface area contributed by atoms with Gasteiger partial charge in [0, 0.05) is 6.20 Å². The molecule has 1 aromatic carbocycles. The number of hydrogen-bond donors (Lipinski definition) is 2. The molecule has 37 heavy (non-hydrogen) atoms. The average molecular weight is 506 g/mol. The van der Waals surface area contributed by atoms with Gasteiger partial charge in [0.25, 0.3) is 0 Å². The maximum absolute atomic E-state index is 14.5. The van der Waals surface area contributed by atoms with E-state index in [2.05, 4.69) is 39.2 Å². The van der Waals surface area contributed by atoms with Crippen LogP contribution in [0.15, 0.2) is 42.7 Å². The zero-order valence-electron chi connectivity index (χ0n) is 20.3. The molecule has 0 unspecified atom stereocenters. The Labute approximate surface area is 211 Å². The van der Waals surface area contributed by atoms with Crippen LogP contribution >= 0.6 is 0 Å². The molecule has 9 nitrogen and oxygen atoms in total. The molecule has 6 rings (SSSR count). The summed E-state index contributed by atoms with van der Waals surface area (Å²) >= 11 is 0. The lowest BCUT2D eigenvalue weighted by atomic mass is 9.66. The van der Waals surface area contributed by atoms with Crippen LogP contribution in [0.4, 0.5) is 8.78 Å². The summed E-state index contributed by atoms with van der Waals surface area (Å²) in [7, 11) is 0. The van der Waals surface area contributed by atoms with Gasteiger partial charge in [-0.1, -0.05) is 19.9 Å². The van der Waals surface area contributed by atoms with Gasteiger partial charge in [0.1, 0.15) is 17.3 Å². The predicted octanol–water partition coefficient (Wildman–Crippen LogP) is 3.03. The smallest absolute Gasteiger partial charge is 0.181 e. The van der Waals surface area contributed by atoms with E-state index in [-0.39, 0.29) is 29.1 Å². The van der Waals surface area contributed by atoms with Crippen LogP contribution in [0.3, 0.4) is 0 Å². The summed E-state index contributed by atoms with van der Waals surface area (Å²) in [5.74, 6) is -0.856. The van der Waals surface area contributed by atoms with E-state index in [9.17, 15) is 13.9 Å². The van der Waals surface area contributed by atoms with Crippen molar-refractivity contribution in [3.63, 3.8) is 0 Å². The third-order valence-corrected chi connectivity index (χ3v) is 8.04. The fraction of sp³-hybridized carbons (Fsp3) is 0.385. The van der Waals surface area contributed by atoms with E-state index < -0.39 is 29.8 Å². The van der Waals surface area contributed by atoms with Gasteiger partial charge >= 0.3 is 0 Å². The van der Waals surface area contributed by atoms with Gasteiger partial charge in [-0.3, -0.25) is 0 Å². The Morgan fingerprint density at radius 2 is 1.92 bits per heavy atom. The Bertz CT molecular complexity index is 1490. The fourth-order valence-corrected chi connectivity index (χ4v) is 6.21. The highest BCUT2D eigenvalue weighted by atomic mass is 19.1. The first-order valence-electron chi connectivity index (χ1n) is 12.1. The molecule has 2 aliphatic rings. The van der Waals surface area contributed by atoms with E-state index in [1.54, 1.807) is 12.3 Å². The third kappa shape index (κ3) is 3.41. The van der Waals surface area contributed by atoms with Crippen LogP contribution in [0.1, 0.15) is 49.6 Å². The Kier molecular flexibility index (Phi) is 5.39. The molecule has 0 aliphatic heterocycles. The molecule has 2 bridgehead atoms. The molecular formula is C26H25F2N7O2. The zero-order chi connectivity index (χ0) is 25.9. The highest BCUT2D eigenvalue weighted by Crippen LogP contribution is 2.69. The number of aliphatic hydroxyl groups is 2. The minimum atomic E-state index is -0.973. The van der Waals surface area contributed by atoms with E-state index in [1.807, 2.05) is 6.07 Å². The van der Waals surface area contributed by atoms with Crippen LogP contribution in [-0.4, -0.2) is 58.1 Å². The molecule has 3 atom stereocenters. The highest BCUT2D eigenvalue weighted by Gasteiger charge is 2.65.